The SMILES string of the molecule is CC1(CCNC2CCOC2)OCCO1. The number of hydrogen-bond acceptors (Lipinski definition) is 4. The van der Waals surface area contributed by atoms with Gasteiger partial charge in [0.15, 0.2) is 5.79 Å². The summed E-state index contributed by atoms with van der Waals surface area (Å²) in [4.78, 5) is 0. The molecule has 0 bridgehead atoms. The molecule has 1 N–H and O–H groups in total. The molecule has 2 heterocycles. The van der Waals surface area contributed by atoms with Crippen LogP contribution >= 0.6 is 0 Å². The van der Waals surface area contributed by atoms with Crippen LogP contribution in [0.5, 0.6) is 0 Å². The van der Waals surface area contributed by atoms with Gasteiger partial charge in [-0.3, -0.25) is 0 Å². The first-order valence-corrected chi connectivity index (χ1v) is 5.38. The third-order valence-electron chi connectivity index (χ3n) is 2.84. The van der Waals surface area contributed by atoms with E-state index in [2.05, 4.69) is 5.32 Å². The Balaban J connectivity index is 1.61. The highest BCUT2D eigenvalue weighted by molar-refractivity contribution is 4.74. The molecule has 82 valence electrons. The fraction of sp³-hybridized carbons (Fsp3) is 1.00. The Labute approximate surface area is 84.9 Å². The lowest BCUT2D eigenvalue weighted by molar-refractivity contribution is -0.145. The summed E-state index contributed by atoms with van der Waals surface area (Å²) in [5.41, 5.74) is 0. The molecule has 4 heteroatoms. The van der Waals surface area contributed by atoms with Crippen LogP contribution in [0, 0.1) is 0 Å². The molecule has 0 saturated carbocycles. The lowest BCUT2D eigenvalue weighted by Gasteiger charge is -2.23. The summed E-state index contributed by atoms with van der Waals surface area (Å²) in [6.45, 7) is 6.13. The van der Waals surface area contributed by atoms with Gasteiger partial charge in [0.25, 0.3) is 0 Å². The second-order valence-electron chi connectivity index (χ2n) is 4.10. The van der Waals surface area contributed by atoms with Gasteiger partial charge in [-0.1, -0.05) is 0 Å². The summed E-state index contributed by atoms with van der Waals surface area (Å²) in [5, 5.41) is 3.45. The van der Waals surface area contributed by atoms with Crippen molar-refractivity contribution in [3.05, 3.63) is 0 Å². The van der Waals surface area contributed by atoms with Gasteiger partial charge in [0.1, 0.15) is 0 Å². The van der Waals surface area contributed by atoms with Gasteiger partial charge in [-0.05, 0) is 13.3 Å². The van der Waals surface area contributed by atoms with Crippen molar-refractivity contribution in [1.82, 2.24) is 5.32 Å². The maximum absolute atomic E-state index is 5.51. The van der Waals surface area contributed by atoms with E-state index in [9.17, 15) is 0 Å². The monoisotopic (exact) mass is 201 g/mol. The highest BCUT2D eigenvalue weighted by Crippen LogP contribution is 2.21. The highest BCUT2D eigenvalue weighted by atomic mass is 16.7. The Hall–Kier alpha value is -0.160. The fourth-order valence-electron chi connectivity index (χ4n) is 1.90. The lowest BCUT2D eigenvalue weighted by Crippen LogP contribution is -2.36. The maximum Gasteiger partial charge on any atom is 0.166 e. The summed E-state index contributed by atoms with van der Waals surface area (Å²) >= 11 is 0. The molecule has 2 aliphatic rings. The van der Waals surface area contributed by atoms with Crippen molar-refractivity contribution < 1.29 is 14.2 Å². The van der Waals surface area contributed by atoms with E-state index in [4.69, 9.17) is 14.2 Å². The predicted octanol–water partition coefficient (Wildman–Crippen LogP) is 0.518. The summed E-state index contributed by atoms with van der Waals surface area (Å²) in [7, 11) is 0. The zero-order valence-electron chi connectivity index (χ0n) is 8.75. The third kappa shape index (κ3) is 2.67. The Morgan fingerprint density at radius 1 is 1.29 bits per heavy atom. The first-order chi connectivity index (χ1) is 6.79. The van der Waals surface area contributed by atoms with Gasteiger partial charge in [0.2, 0.25) is 0 Å². The molecular weight excluding hydrogens is 182 g/mol. The Morgan fingerprint density at radius 3 is 2.71 bits per heavy atom. The molecule has 2 fully saturated rings. The molecule has 14 heavy (non-hydrogen) atoms. The van der Waals surface area contributed by atoms with Gasteiger partial charge in [0.05, 0.1) is 19.8 Å². The van der Waals surface area contributed by atoms with Crippen LogP contribution in [-0.4, -0.2) is 44.8 Å². The Bertz CT molecular complexity index is 174. The first-order valence-electron chi connectivity index (χ1n) is 5.38. The molecule has 2 saturated heterocycles. The molecule has 0 aromatic rings. The van der Waals surface area contributed by atoms with E-state index in [-0.39, 0.29) is 5.79 Å². The van der Waals surface area contributed by atoms with Crippen LogP contribution < -0.4 is 5.32 Å². The van der Waals surface area contributed by atoms with Gasteiger partial charge < -0.3 is 19.5 Å². The van der Waals surface area contributed by atoms with Crippen molar-refractivity contribution in [3.63, 3.8) is 0 Å². The van der Waals surface area contributed by atoms with E-state index in [1.165, 1.54) is 0 Å². The van der Waals surface area contributed by atoms with E-state index in [1.807, 2.05) is 6.92 Å². The molecule has 1 unspecified atom stereocenters. The summed E-state index contributed by atoms with van der Waals surface area (Å²) in [5.74, 6) is -0.355. The molecule has 0 aromatic heterocycles. The topological polar surface area (TPSA) is 39.7 Å². The van der Waals surface area contributed by atoms with Crippen LogP contribution in [0.3, 0.4) is 0 Å². The van der Waals surface area contributed by atoms with Crippen LogP contribution in [0.15, 0.2) is 0 Å². The molecule has 0 aliphatic carbocycles. The lowest BCUT2D eigenvalue weighted by atomic mass is 10.2. The minimum Gasteiger partial charge on any atom is -0.380 e. The third-order valence-corrected chi connectivity index (χ3v) is 2.84. The molecule has 2 aliphatic heterocycles. The van der Waals surface area contributed by atoms with Crippen molar-refractivity contribution in [2.24, 2.45) is 0 Å². The van der Waals surface area contributed by atoms with Crippen molar-refractivity contribution >= 4 is 0 Å². The number of hydrogen-bond donors (Lipinski definition) is 1. The van der Waals surface area contributed by atoms with E-state index in [0.717, 1.165) is 45.8 Å². The summed E-state index contributed by atoms with van der Waals surface area (Å²) < 4.78 is 16.3. The fourth-order valence-corrected chi connectivity index (χ4v) is 1.90. The van der Waals surface area contributed by atoms with E-state index < -0.39 is 0 Å². The number of ether oxygens (including phenoxy) is 3. The second kappa shape index (κ2) is 4.57. The largest absolute Gasteiger partial charge is 0.380 e. The van der Waals surface area contributed by atoms with Crippen LogP contribution in [0.25, 0.3) is 0 Å². The molecule has 0 aromatic carbocycles. The molecule has 0 spiro atoms. The zero-order valence-corrected chi connectivity index (χ0v) is 8.75. The zero-order chi connectivity index (χ0) is 9.86. The summed E-state index contributed by atoms with van der Waals surface area (Å²) in [6, 6.07) is 0.528. The minimum absolute atomic E-state index is 0.355. The van der Waals surface area contributed by atoms with Gasteiger partial charge in [-0.15, -0.1) is 0 Å². The Morgan fingerprint density at radius 2 is 2.07 bits per heavy atom. The van der Waals surface area contributed by atoms with Crippen molar-refractivity contribution in [3.8, 4) is 0 Å². The molecule has 2 rings (SSSR count). The highest BCUT2D eigenvalue weighted by Gasteiger charge is 2.30. The number of rotatable bonds is 4. The van der Waals surface area contributed by atoms with Crippen LogP contribution in [-0.2, 0) is 14.2 Å². The van der Waals surface area contributed by atoms with Crippen molar-refractivity contribution in [2.75, 3.05) is 33.0 Å². The van der Waals surface area contributed by atoms with Gasteiger partial charge in [-0.2, -0.15) is 0 Å². The average Bonchev–Trinajstić information content (AvgIpc) is 2.77. The molecule has 0 radical (unpaired) electrons. The number of nitrogens with one attached hydrogen (secondary N) is 1. The van der Waals surface area contributed by atoms with E-state index in [0.29, 0.717) is 6.04 Å². The summed E-state index contributed by atoms with van der Waals surface area (Å²) in [6.07, 6.45) is 2.03. The molecule has 4 nitrogen and oxygen atoms in total. The van der Waals surface area contributed by atoms with Gasteiger partial charge >= 0.3 is 0 Å². The van der Waals surface area contributed by atoms with Crippen molar-refractivity contribution in [2.45, 2.75) is 31.6 Å². The quantitative estimate of drug-likeness (QED) is 0.719. The minimum atomic E-state index is -0.355. The molecule has 1 atom stereocenters. The van der Waals surface area contributed by atoms with Crippen LogP contribution in [0.2, 0.25) is 0 Å². The molecule has 0 amide bonds. The normalized spacial score (nSPS) is 31.1. The van der Waals surface area contributed by atoms with Crippen molar-refractivity contribution in [1.29, 1.82) is 0 Å². The van der Waals surface area contributed by atoms with Gasteiger partial charge in [-0.25, -0.2) is 0 Å². The Kier molecular flexibility index (Phi) is 3.38. The van der Waals surface area contributed by atoms with Gasteiger partial charge in [0, 0.05) is 25.6 Å². The van der Waals surface area contributed by atoms with Crippen LogP contribution in [0.1, 0.15) is 19.8 Å². The average molecular weight is 201 g/mol. The predicted molar refractivity (Wildman–Crippen MR) is 52.2 cm³/mol. The smallest absolute Gasteiger partial charge is 0.166 e. The maximum atomic E-state index is 5.51. The first kappa shape index (κ1) is 10.4. The molecular formula is C10H19NO3. The standard InChI is InChI=1S/C10H19NO3/c1-10(13-6-7-14-10)3-4-11-9-2-5-12-8-9/h9,11H,2-8H2,1H3. The van der Waals surface area contributed by atoms with E-state index in [1.54, 1.807) is 0 Å². The second-order valence-corrected chi connectivity index (χ2v) is 4.10. The van der Waals surface area contributed by atoms with E-state index >= 15 is 0 Å². The van der Waals surface area contributed by atoms with Crippen LogP contribution in [0.4, 0.5) is 0 Å².